The normalized spacial score (nSPS) is 11.3. The number of aryl methyl sites for hydroxylation is 2. The van der Waals surface area contributed by atoms with Crippen LogP contribution < -0.4 is 11.5 Å². The number of nitrogen functional groups attached to an aromatic ring is 2. The molecule has 0 amide bonds. The third kappa shape index (κ3) is 6.05. The van der Waals surface area contributed by atoms with Crippen molar-refractivity contribution in [2.24, 2.45) is 0 Å². The molecule has 0 spiro atoms. The van der Waals surface area contributed by atoms with Crippen molar-refractivity contribution in [2.75, 3.05) is 11.5 Å². The molecule has 3 rings (SSSR count). The zero-order chi connectivity index (χ0) is 25.3. The van der Waals surface area contributed by atoms with Gasteiger partial charge >= 0.3 is 12.4 Å². The van der Waals surface area contributed by atoms with Gasteiger partial charge in [0, 0.05) is 33.6 Å². The molecule has 0 aromatic heterocycles. The zero-order valence-corrected chi connectivity index (χ0v) is 18.0. The summed E-state index contributed by atoms with van der Waals surface area (Å²) in [5.74, 6) is 10.7. The Balaban J connectivity index is 1.98. The van der Waals surface area contributed by atoms with E-state index in [2.05, 4.69) is 23.7 Å². The first kappa shape index (κ1) is 24.6. The molecule has 0 atom stereocenters. The Morgan fingerprint density at radius 2 is 0.912 bits per heavy atom. The molecule has 0 aliphatic heterocycles. The second kappa shape index (κ2) is 9.07. The van der Waals surface area contributed by atoms with E-state index >= 15 is 0 Å². The average molecular weight is 472 g/mol. The highest BCUT2D eigenvalue weighted by Crippen LogP contribution is 2.36. The molecule has 0 bridgehead atoms. The van der Waals surface area contributed by atoms with Crippen LogP contribution in [0.2, 0.25) is 0 Å². The summed E-state index contributed by atoms with van der Waals surface area (Å²) in [6.07, 6.45) is -9.92. The zero-order valence-electron chi connectivity index (χ0n) is 18.0. The van der Waals surface area contributed by atoms with E-state index in [0.717, 1.165) is 16.7 Å². The van der Waals surface area contributed by atoms with Gasteiger partial charge in [-0.2, -0.15) is 26.3 Å². The van der Waals surface area contributed by atoms with Crippen molar-refractivity contribution in [1.82, 2.24) is 0 Å². The molecular weight excluding hydrogens is 454 g/mol. The van der Waals surface area contributed by atoms with Gasteiger partial charge in [-0.1, -0.05) is 29.7 Å². The molecule has 0 aliphatic carbocycles. The molecule has 0 aliphatic rings. The van der Waals surface area contributed by atoms with Crippen LogP contribution in [0.5, 0.6) is 0 Å². The van der Waals surface area contributed by atoms with Crippen LogP contribution in [0.25, 0.3) is 0 Å². The predicted octanol–water partition coefficient (Wildman–Crippen LogP) is 6.31. The topological polar surface area (TPSA) is 52.0 Å². The maximum Gasteiger partial charge on any atom is 0.416 e. The minimum absolute atomic E-state index is 0.0424. The lowest BCUT2D eigenvalue weighted by Crippen LogP contribution is -2.11. The first-order valence-electron chi connectivity index (χ1n) is 9.83. The molecule has 0 saturated carbocycles. The molecule has 4 N–H and O–H groups in total. The largest absolute Gasteiger partial charge is 0.416 e. The van der Waals surface area contributed by atoms with Gasteiger partial charge in [0.1, 0.15) is 0 Å². The number of rotatable bonds is 0. The molecule has 34 heavy (non-hydrogen) atoms. The smallest absolute Gasteiger partial charge is 0.398 e. The molecule has 8 heteroatoms. The van der Waals surface area contributed by atoms with Crippen LogP contribution in [0.15, 0.2) is 48.5 Å². The van der Waals surface area contributed by atoms with Crippen molar-refractivity contribution in [2.45, 2.75) is 26.2 Å². The second-order valence-electron chi connectivity index (χ2n) is 7.70. The van der Waals surface area contributed by atoms with Crippen molar-refractivity contribution in [3.05, 3.63) is 93.0 Å². The van der Waals surface area contributed by atoms with E-state index in [-0.39, 0.29) is 23.0 Å². The van der Waals surface area contributed by atoms with Gasteiger partial charge in [-0.05, 0) is 67.4 Å². The number of nitrogens with two attached hydrogens (primary N) is 2. The van der Waals surface area contributed by atoms with E-state index in [9.17, 15) is 26.3 Å². The highest BCUT2D eigenvalue weighted by atomic mass is 19.4. The molecule has 3 aromatic carbocycles. The Bertz CT molecular complexity index is 1320. The van der Waals surface area contributed by atoms with Gasteiger partial charge in [-0.3, -0.25) is 0 Å². The van der Waals surface area contributed by atoms with Gasteiger partial charge in [-0.25, -0.2) is 0 Å². The molecule has 174 valence electrons. The van der Waals surface area contributed by atoms with Crippen molar-refractivity contribution >= 4 is 11.4 Å². The SMILES string of the molecule is Cc1cc(C)cc(C#Cc2cc(N)c(C#Cc3cc(C(F)(F)F)cc(C(F)(F)F)c3)cc2N)c1. The summed E-state index contributed by atoms with van der Waals surface area (Å²) < 4.78 is 78.2. The lowest BCUT2D eigenvalue weighted by atomic mass is 10.0. The summed E-state index contributed by atoms with van der Waals surface area (Å²) in [6.45, 7) is 3.89. The number of anilines is 2. The molecule has 2 nitrogen and oxygen atoms in total. The van der Waals surface area contributed by atoms with E-state index in [1.165, 1.54) is 12.1 Å². The number of halogens is 6. The highest BCUT2D eigenvalue weighted by Gasteiger charge is 2.36. The van der Waals surface area contributed by atoms with Crippen molar-refractivity contribution < 1.29 is 26.3 Å². The Morgan fingerprint density at radius 1 is 0.529 bits per heavy atom. The lowest BCUT2D eigenvalue weighted by Gasteiger charge is -2.12. The summed E-state index contributed by atoms with van der Waals surface area (Å²) in [6, 6.07) is 9.80. The third-order valence-corrected chi connectivity index (χ3v) is 4.71. The molecule has 0 radical (unpaired) electrons. The predicted molar refractivity (Wildman–Crippen MR) is 120 cm³/mol. The van der Waals surface area contributed by atoms with Crippen LogP contribution in [0.3, 0.4) is 0 Å². The summed E-state index contributed by atoms with van der Waals surface area (Å²) in [5, 5.41) is 0. The van der Waals surface area contributed by atoms with Gasteiger partial charge in [0.15, 0.2) is 0 Å². The van der Waals surface area contributed by atoms with E-state index in [1.807, 2.05) is 32.0 Å². The van der Waals surface area contributed by atoms with Gasteiger partial charge in [0.05, 0.1) is 11.1 Å². The van der Waals surface area contributed by atoms with Crippen LogP contribution in [-0.2, 0) is 12.4 Å². The number of alkyl halides is 6. The molecule has 0 heterocycles. The second-order valence-corrected chi connectivity index (χ2v) is 7.70. The van der Waals surface area contributed by atoms with Crippen LogP contribution in [-0.4, -0.2) is 0 Å². The van der Waals surface area contributed by atoms with Gasteiger partial charge in [-0.15, -0.1) is 0 Å². The van der Waals surface area contributed by atoms with Crippen molar-refractivity contribution in [3.63, 3.8) is 0 Å². The van der Waals surface area contributed by atoms with E-state index < -0.39 is 29.0 Å². The fraction of sp³-hybridized carbons (Fsp3) is 0.154. The summed E-state index contributed by atoms with van der Waals surface area (Å²) in [7, 11) is 0. The highest BCUT2D eigenvalue weighted by molar-refractivity contribution is 5.70. The summed E-state index contributed by atoms with van der Waals surface area (Å²) >= 11 is 0. The Morgan fingerprint density at radius 3 is 1.29 bits per heavy atom. The Kier molecular flexibility index (Phi) is 6.56. The molecule has 0 saturated heterocycles. The maximum absolute atomic E-state index is 13.0. The standard InChI is InChI=1S/C26H18F6N2/c1-15-7-16(2)9-17(8-15)3-5-19-12-24(34)20(13-23(19)33)6-4-18-10-21(25(27,28)29)14-22(11-18)26(30,31)32/h7-14H,33-34H2,1-2H3. The Hall–Kier alpha value is -4.04. The van der Waals surface area contributed by atoms with Gasteiger partial charge < -0.3 is 11.5 Å². The van der Waals surface area contributed by atoms with E-state index in [1.54, 1.807) is 0 Å². The van der Waals surface area contributed by atoms with Gasteiger partial charge in [0.2, 0.25) is 0 Å². The summed E-state index contributed by atoms with van der Waals surface area (Å²) in [4.78, 5) is 0. The third-order valence-electron chi connectivity index (χ3n) is 4.71. The number of hydrogen-bond donors (Lipinski definition) is 2. The summed E-state index contributed by atoms with van der Waals surface area (Å²) in [5.41, 5.74) is 12.4. The van der Waals surface area contributed by atoms with Crippen LogP contribution in [0.4, 0.5) is 37.7 Å². The first-order chi connectivity index (χ1) is 15.7. The Labute approximate surface area is 192 Å². The minimum Gasteiger partial charge on any atom is -0.398 e. The molecule has 3 aromatic rings. The van der Waals surface area contributed by atoms with Crippen LogP contribution in [0, 0.1) is 37.5 Å². The van der Waals surface area contributed by atoms with Crippen LogP contribution in [0.1, 0.15) is 44.5 Å². The monoisotopic (exact) mass is 472 g/mol. The quantitative estimate of drug-likeness (QED) is 0.229. The average Bonchev–Trinajstić information content (AvgIpc) is 2.71. The fourth-order valence-electron chi connectivity index (χ4n) is 3.20. The van der Waals surface area contributed by atoms with Crippen molar-refractivity contribution in [3.8, 4) is 23.7 Å². The van der Waals surface area contributed by atoms with Crippen molar-refractivity contribution in [1.29, 1.82) is 0 Å². The van der Waals surface area contributed by atoms with Crippen LogP contribution >= 0.6 is 0 Å². The number of hydrogen-bond acceptors (Lipinski definition) is 2. The lowest BCUT2D eigenvalue weighted by molar-refractivity contribution is -0.143. The molecular formula is C26H18F6N2. The van der Waals surface area contributed by atoms with E-state index in [0.29, 0.717) is 17.7 Å². The maximum atomic E-state index is 13.0. The first-order valence-corrected chi connectivity index (χ1v) is 9.83. The number of benzene rings is 3. The van der Waals surface area contributed by atoms with Gasteiger partial charge in [0.25, 0.3) is 0 Å². The fourth-order valence-corrected chi connectivity index (χ4v) is 3.20. The minimum atomic E-state index is -4.96. The molecule has 0 unspecified atom stereocenters. The molecule has 0 fully saturated rings. The van der Waals surface area contributed by atoms with E-state index in [4.69, 9.17) is 11.5 Å².